The molecule has 0 spiro atoms. The van der Waals surface area contributed by atoms with Crippen molar-refractivity contribution in [2.75, 3.05) is 11.9 Å². The Balaban J connectivity index is 1.68. The summed E-state index contributed by atoms with van der Waals surface area (Å²) in [5.41, 5.74) is 9.05. The van der Waals surface area contributed by atoms with E-state index < -0.39 is 0 Å². The first-order chi connectivity index (χ1) is 8.20. The zero-order valence-corrected chi connectivity index (χ0v) is 10.0. The third kappa shape index (κ3) is 2.13. The van der Waals surface area contributed by atoms with Crippen LogP contribution in [0, 0.1) is 12.8 Å². The SMILES string of the molecule is Cc1nc2ccc(NCC3CC(N)C3)cc2[nH]1. The second-order valence-corrected chi connectivity index (χ2v) is 5.03. The Morgan fingerprint density at radius 2 is 2.29 bits per heavy atom. The van der Waals surface area contributed by atoms with Gasteiger partial charge in [-0.1, -0.05) is 0 Å². The monoisotopic (exact) mass is 230 g/mol. The van der Waals surface area contributed by atoms with Crippen LogP contribution in [0.5, 0.6) is 0 Å². The second kappa shape index (κ2) is 4.04. The lowest BCUT2D eigenvalue weighted by Gasteiger charge is -2.32. The van der Waals surface area contributed by atoms with Crippen LogP contribution < -0.4 is 11.1 Å². The predicted octanol–water partition coefficient (Wildman–Crippen LogP) is 2.02. The second-order valence-electron chi connectivity index (χ2n) is 5.03. The van der Waals surface area contributed by atoms with E-state index in [-0.39, 0.29) is 0 Å². The Hall–Kier alpha value is -1.55. The average molecular weight is 230 g/mol. The summed E-state index contributed by atoms with van der Waals surface area (Å²) < 4.78 is 0. The Morgan fingerprint density at radius 1 is 1.47 bits per heavy atom. The van der Waals surface area contributed by atoms with Gasteiger partial charge in [0.05, 0.1) is 11.0 Å². The molecule has 90 valence electrons. The molecule has 1 fully saturated rings. The minimum atomic E-state index is 0.430. The summed E-state index contributed by atoms with van der Waals surface area (Å²) in [7, 11) is 0. The molecule has 0 unspecified atom stereocenters. The van der Waals surface area contributed by atoms with E-state index >= 15 is 0 Å². The van der Waals surface area contributed by atoms with Crippen molar-refractivity contribution in [2.45, 2.75) is 25.8 Å². The maximum atomic E-state index is 5.77. The van der Waals surface area contributed by atoms with E-state index in [1.807, 2.05) is 13.0 Å². The number of nitrogens with zero attached hydrogens (tertiary/aromatic N) is 1. The van der Waals surface area contributed by atoms with E-state index in [2.05, 4.69) is 27.4 Å². The first-order valence-electron chi connectivity index (χ1n) is 6.16. The van der Waals surface area contributed by atoms with Gasteiger partial charge in [0.25, 0.3) is 0 Å². The Kier molecular flexibility index (Phi) is 2.52. The molecule has 1 aromatic heterocycles. The summed E-state index contributed by atoms with van der Waals surface area (Å²) in [6.07, 6.45) is 2.30. The fraction of sp³-hybridized carbons (Fsp3) is 0.462. The molecule has 1 aromatic carbocycles. The quantitative estimate of drug-likeness (QED) is 0.755. The van der Waals surface area contributed by atoms with E-state index in [0.717, 1.165) is 47.8 Å². The maximum Gasteiger partial charge on any atom is 0.104 e. The molecule has 4 heteroatoms. The number of anilines is 1. The number of hydrogen-bond acceptors (Lipinski definition) is 3. The summed E-state index contributed by atoms with van der Waals surface area (Å²) in [6.45, 7) is 3.00. The molecule has 2 aromatic rings. The Morgan fingerprint density at radius 3 is 3.06 bits per heavy atom. The lowest BCUT2D eigenvalue weighted by Crippen LogP contribution is -2.39. The zero-order valence-electron chi connectivity index (χ0n) is 10.0. The van der Waals surface area contributed by atoms with Crippen LogP contribution in [-0.2, 0) is 0 Å². The van der Waals surface area contributed by atoms with E-state index in [1.165, 1.54) is 0 Å². The minimum Gasteiger partial charge on any atom is -0.385 e. The van der Waals surface area contributed by atoms with Crippen molar-refractivity contribution < 1.29 is 0 Å². The lowest BCUT2D eigenvalue weighted by molar-refractivity contribution is 0.280. The fourth-order valence-electron chi connectivity index (χ4n) is 2.46. The van der Waals surface area contributed by atoms with Gasteiger partial charge in [-0.2, -0.15) is 0 Å². The molecule has 0 amide bonds. The van der Waals surface area contributed by atoms with Crippen LogP contribution in [0.15, 0.2) is 18.2 Å². The smallest absolute Gasteiger partial charge is 0.104 e. The number of aryl methyl sites for hydroxylation is 1. The highest BCUT2D eigenvalue weighted by Crippen LogP contribution is 2.26. The van der Waals surface area contributed by atoms with Crippen molar-refractivity contribution in [1.29, 1.82) is 0 Å². The molecule has 17 heavy (non-hydrogen) atoms. The number of aromatic nitrogens is 2. The lowest BCUT2D eigenvalue weighted by atomic mass is 9.81. The molecule has 0 atom stereocenters. The third-order valence-corrected chi connectivity index (χ3v) is 3.47. The Bertz CT molecular complexity index is 525. The highest BCUT2D eigenvalue weighted by Gasteiger charge is 2.25. The van der Waals surface area contributed by atoms with Gasteiger partial charge < -0.3 is 16.0 Å². The molecule has 0 bridgehead atoms. The standard InChI is InChI=1S/C13H18N4/c1-8-16-12-3-2-11(6-13(12)17-8)15-7-9-4-10(14)5-9/h2-3,6,9-10,15H,4-5,7,14H2,1H3,(H,16,17). The van der Waals surface area contributed by atoms with Crippen molar-refractivity contribution in [3.8, 4) is 0 Å². The number of aromatic amines is 1. The molecule has 1 aliphatic rings. The third-order valence-electron chi connectivity index (χ3n) is 3.47. The van der Waals surface area contributed by atoms with Crippen LogP contribution in [-0.4, -0.2) is 22.6 Å². The van der Waals surface area contributed by atoms with Crippen LogP contribution in [0.25, 0.3) is 11.0 Å². The Labute approximate surface area is 101 Å². The number of H-pyrrole nitrogens is 1. The molecule has 1 heterocycles. The van der Waals surface area contributed by atoms with Gasteiger partial charge in [0, 0.05) is 18.3 Å². The van der Waals surface area contributed by atoms with Crippen molar-refractivity contribution in [2.24, 2.45) is 11.7 Å². The van der Waals surface area contributed by atoms with Crippen LogP contribution in [0.2, 0.25) is 0 Å². The summed E-state index contributed by atoms with van der Waals surface area (Å²) in [6, 6.07) is 6.68. The first kappa shape index (κ1) is 10.6. The highest BCUT2D eigenvalue weighted by atomic mass is 14.9. The van der Waals surface area contributed by atoms with Crippen LogP contribution in [0.3, 0.4) is 0 Å². The number of benzene rings is 1. The number of hydrogen-bond donors (Lipinski definition) is 3. The van der Waals surface area contributed by atoms with Crippen LogP contribution >= 0.6 is 0 Å². The van der Waals surface area contributed by atoms with Crippen molar-refractivity contribution >= 4 is 16.7 Å². The van der Waals surface area contributed by atoms with E-state index in [1.54, 1.807) is 0 Å². The molecule has 0 radical (unpaired) electrons. The van der Waals surface area contributed by atoms with Gasteiger partial charge in [-0.05, 0) is 43.9 Å². The van der Waals surface area contributed by atoms with Gasteiger partial charge in [0.1, 0.15) is 5.82 Å². The minimum absolute atomic E-state index is 0.430. The molecule has 1 saturated carbocycles. The molecule has 0 saturated heterocycles. The largest absolute Gasteiger partial charge is 0.385 e. The predicted molar refractivity (Wildman–Crippen MR) is 70.0 cm³/mol. The number of rotatable bonds is 3. The summed E-state index contributed by atoms with van der Waals surface area (Å²) in [4.78, 5) is 7.64. The van der Waals surface area contributed by atoms with E-state index in [4.69, 9.17) is 5.73 Å². The average Bonchev–Trinajstić information content (AvgIpc) is 2.62. The van der Waals surface area contributed by atoms with E-state index in [9.17, 15) is 0 Å². The number of imidazole rings is 1. The molecular formula is C13H18N4. The summed E-state index contributed by atoms with van der Waals surface area (Å²) in [5, 5.41) is 3.47. The van der Waals surface area contributed by atoms with Crippen molar-refractivity contribution in [3.05, 3.63) is 24.0 Å². The molecule has 4 nitrogen and oxygen atoms in total. The normalized spacial score (nSPS) is 23.6. The van der Waals surface area contributed by atoms with Gasteiger partial charge in [-0.25, -0.2) is 4.98 Å². The van der Waals surface area contributed by atoms with Gasteiger partial charge in [-0.15, -0.1) is 0 Å². The molecular weight excluding hydrogens is 212 g/mol. The van der Waals surface area contributed by atoms with Gasteiger partial charge >= 0.3 is 0 Å². The number of nitrogens with one attached hydrogen (secondary N) is 2. The summed E-state index contributed by atoms with van der Waals surface area (Å²) in [5.74, 6) is 1.70. The molecule has 0 aliphatic heterocycles. The number of nitrogens with two attached hydrogens (primary N) is 1. The summed E-state index contributed by atoms with van der Waals surface area (Å²) >= 11 is 0. The van der Waals surface area contributed by atoms with E-state index in [0.29, 0.717) is 6.04 Å². The van der Waals surface area contributed by atoms with Crippen molar-refractivity contribution in [3.63, 3.8) is 0 Å². The molecule has 1 aliphatic carbocycles. The zero-order chi connectivity index (χ0) is 11.8. The van der Waals surface area contributed by atoms with Crippen LogP contribution in [0.1, 0.15) is 18.7 Å². The topological polar surface area (TPSA) is 66.7 Å². The molecule has 4 N–H and O–H groups in total. The maximum absolute atomic E-state index is 5.77. The van der Waals surface area contributed by atoms with Gasteiger partial charge in [0.2, 0.25) is 0 Å². The highest BCUT2D eigenvalue weighted by molar-refractivity contribution is 5.79. The van der Waals surface area contributed by atoms with Gasteiger partial charge in [-0.3, -0.25) is 0 Å². The van der Waals surface area contributed by atoms with Crippen LogP contribution in [0.4, 0.5) is 5.69 Å². The number of fused-ring (bicyclic) bond motifs is 1. The molecule has 3 rings (SSSR count). The fourth-order valence-corrected chi connectivity index (χ4v) is 2.46. The van der Waals surface area contributed by atoms with Crippen molar-refractivity contribution in [1.82, 2.24) is 9.97 Å². The first-order valence-corrected chi connectivity index (χ1v) is 6.16. The van der Waals surface area contributed by atoms with Gasteiger partial charge in [0.15, 0.2) is 0 Å².